The number of carbonyl (C=O) groups excluding carboxylic acids is 1. The number of pyridine rings is 1. The molecule has 1 unspecified atom stereocenters. The fourth-order valence-corrected chi connectivity index (χ4v) is 2.58. The van der Waals surface area contributed by atoms with Crippen molar-refractivity contribution in [3.05, 3.63) is 41.2 Å². The van der Waals surface area contributed by atoms with Crippen LogP contribution in [0.3, 0.4) is 0 Å². The Morgan fingerprint density at radius 2 is 2.17 bits per heavy atom. The summed E-state index contributed by atoms with van der Waals surface area (Å²) in [6.07, 6.45) is 3.48. The minimum absolute atomic E-state index is 0.00930. The van der Waals surface area contributed by atoms with Gasteiger partial charge in [0.25, 0.3) is 5.91 Å². The number of nitrogens with two attached hydrogens (primary N) is 1. The third kappa shape index (κ3) is 3.87. The minimum atomic E-state index is -0.585. The number of aromatic nitrogens is 3. The fourth-order valence-electron chi connectivity index (χ4n) is 2.47. The first-order valence-electron chi connectivity index (χ1n) is 7.28. The summed E-state index contributed by atoms with van der Waals surface area (Å²) in [6, 6.07) is 6.83. The molecule has 0 bridgehead atoms. The minimum Gasteiger partial charge on any atom is -0.472 e. The van der Waals surface area contributed by atoms with Crippen LogP contribution in [0.25, 0.3) is 0 Å². The molecular weight excluding hydrogens is 318 g/mol. The lowest BCUT2D eigenvalue weighted by molar-refractivity contribution is 0.0994. The SMILES string of the molecule is NC(=O)c1ccc(N2CCCC(Oc3ccc(Cl)cn3)C2)nn1. The van der Waals surface area contributed by atoms with Crippen LogP contribution in [0.5, 0.6) is 5.88 Å². The van der Waals surface area contributed by atoms with Gasteiger partial charge in [-0.05, 0) is 31.0 Å². The zero-order valence-electron chi connectivity index (χ0n) is 12.4. The number of piperidine rings is 1. The average molecular weight is 334 g/mol. The summed E-state index contributed by atoms with van der Waals surface area (Å²) in [5, 5.41) is 8.48. The summed E-state index contributed by atoms with van der Waals surface area (Å²) in [7, 11) is 0. The van der Waals surface area contributed by atoms with Gasteiger partial charge in [-0.15, -0.1) is 10.2 Å². The molecule has 1 aliphatic rings. The molecule has 0 radical (unpaired) electrons. The maximum atomic E-state index is 11.0. The maximum absolute atomic E-state index is 11.0. The number of ether oxygens (including phenoxy) is 1. The molecule has 8 heteroatoms. The molecule has 0 spiro atoms. The Hall–Kier alpha value is -2.41. The molecule has 7 nitrogen and oxygen atoms in total. The molecule has 3 heterocycles. The molecule has 1 aliphatic heterocycles. The van der Waals surface area contributed by atoms with E-state index >= 15 is 0 Å². The maximum Gasteiger partial charge on any atom is 0.269 e. The van der Waals surface area contributed by atoms with Gasteiger partial charge in [-0.1, -0.05) is 11.6 Å². The molecule has 1 fully saturated rings. The van der Waals surface area contributed by atoms with E-state index in [2.05, 4.69) is 20.1 Å². The van der Waals surface area contributed by atoms with Gasteiger partial charge < -0.3 is 15.4 Å². The number of anilines is 1. The molecule has 0 aromatic carbocycles. The van der Waals surface area contributed by atoms with Crippen LogP contribution in [-0.2, 0) is 0 Å². The lowest BCUT2D eigenvalue weighted by Gasteiger charge is -2.33. The molecule has 1 saturated heterocycles. The van der Waals surface area contributed by atoms with Crippen LogP contribution in [0.1, 0.15) is 23.3 Å². The van der Waals surface area contributed by atoms with E-state index in [0.717, 1.165) is 19.4 Å². The summed E-state index contributed by atoms with van der Waals surface area (Å²) in [5.74, 6) is 0.668. The van der Waals surface area contributed by atoms with Crippen LogP contribution in [0.2, 0.25) is 5.02 Å². The highest BCUT2D eigenvalue weighted by Crippen LogP contribution is 2.21. The number of carbonyl (C=O) groups is 1. The quantitative estimate of drug-likeness (QED) is 0.914. The Morgan fingerprint density at radius 3 is 2.83 bits per heavy atom. The summed E-state index contributed by atoms with van der Waals surface area (Å²) in [5.41, 5.74) is 5.33. The zero-order chi connectivity index (χ0) is 16.2. The van der Waals surface area contributed by atoms with E-state index in [4.69, 9.17) is 22.1 Å². The smallest absolute Gasteiger partial charge is 0.269 e. The van der Waals surface area contributed by atoms with Gasteiger partial charge >= 0.3 is 0 Å². The van der Waals surface area contributed by atoms with Crippen LogP contribution >= 0.6 is 11.6 Å². The van der Waals surface area contributed by atoms with Crippen LogP contribution < -0.4 is 15.4 Å². The van der Waals surface area contributed by atoms with Crippen molar-refractivity contribution in [2.75, 3.05) is 18.0 Å². The van der Waals surface area contributed by atoms with Gasteiger partial charge in [-0.3, -0.25) is 4.79 Å². The van der Waals surface area contributed by atoms with E-state index in [1.807, 2.05) is 0 Å². The van der Waals surface area contributed by atoms with Gasteiger partial charge in [0.05, 0.1) is 11.6 Å². The van der Waals surface area contributed by atoms with E-state index in [1.165, 1.54) is 0 Å². The molecule has 23 heavy (non-hydrogen) atoms. The summed E-state index contributed by atoms with van der Waals surface area (Å²) < 4.78 is 5.89. The summed E-state index contributed by atoms with van der Waals surface area (Å²) in [4.78, 5) is 17.3. The largest absolute Gasteiger partial charge is 0.472 e. The van der Waals surface area contributed by atoms with Crippen molar-refractivity contribution in [2.24, 2.45) is 5.73 Å². The molecular formula is C15H16ClN5O2. The van der Waals surface area contributed by atoms with Crippen molar-refractivity contribution in [3.63, 3.8) is 0 Å². The van der Waals surface area contributed by atoms with Crippen LogP contribution in [0.4, 0.5) is 5.82 Å². The number of nitrogens with zero attached hydrogens (tertiary/aromatic N) is 4. The third-order valence-electron chi connectivity index (χ3n) is 3.59. The lowest BCUT2D eigenvalue weighted by atomic mass is 10.1. The first-order chi connectivity index (χ1) is 11.1. The summed E-state index contributed by atoms with van der Waals surface area (Å²) in [6.45, 7) is 1.54. The number of halogens is 1. The predicted octanol–water partition coefficient (Wildman–Crippen LogP) is 1.67. The van der Waals surface area contributed by atoms with E-state index < -0.39 is 5.91 Å². The molecule has 2 N–H and O–H groups in total. The van der Waals surface area contributed by atoms with Crippen LogP contribution in [0.15, 0.2) is 30.5 Å². The second-order valence-corrected chi connectivity index (χ2v) is 5.72. The van der Waals surface area contributed by atoms with E-state index in [-0.39, 0.29) is 11.8 Å². The highest BCUT2D eigenvalue weighted by Gasteiger charge is 2.23. The second-order valence-electron chi connectivity index (χ2n) is 5.28. The zero-order valence-corrected chi connectivity index (χ0v) is 13.1. The van der Waals surface area contributed by atoms with Crippen molar-refractivity contribution < 1.29 is 9.53 Å². The van der Waals surface area contributed by atoms with Gasteiger partial charge in [-0.2, -0.15) is 0 Å². The molecule has 1 atom stereocenters. The van der Waals surface area contributed by atoms with Gasteiger partial charge in [0.1, 0.15) is 6.10 Å². The number of hydrogen-bond acceptors (Lipinski definition) is 6. The Balaban J connectivity index is 1.65. The van der Waals surface area contributed by atoms with Crippen molar-refractivity contribution in [1.82, 2.24) is 15.2 Å². The van der Waals surface area contributed by atoms with Crippen LogP contribution in [-0.4, -0.2) is 40.3 Å². The number of rotatable bonds is 4. The molecule has 0 aliphatic carbocycles. The predicted molar refractivity (Wildman–Crippen MR) is 85.7 cm³/mol. The van der Waals surface area contributed by atoms with E-state index in [1.54, 1.807) is 30.5 Å². The monoisotopic (exact) mass is 333 g/mol. The van der Waals surface area contributed by atoms with Gasteiger partial charge in [-0.25, -0.2) is 4.98 Å². The van der Waals surface area contributed by atoms with Crippen LogP contribution in [0, 0.1) is 0 Å². The van der Waals surface area contributed by atoms with E-state index in [9.17, 15) is 4.79 Å². The molecule has 1 amide bonds. The number of amides is 1. The Labute approximate surface area is 138 Å². The van der Waals surface area contributed by atoms with Gasteiger partial charge in [0.2, 0.25) is 5.88 Å². The number of hydrogen-bond donors (Lipinski definition) is 1. The van der Waals surface area contributed by atoms with Crippen molar-refractivity contribution >= 4 is 23.3 Å². The van der Waals surface area contributed by atoms with Gasteiger partial charge in [0, 0.05) is 18.8 Å². The van der Waals surface area contributed by atoms with Crippen molar-refractivity contribution in [1.29, 1.82) is 0 Å². The Bertz CT molecular complexity index is 677. The molecule has 2 aromatic rings. The highest BCUT2D eigenvalue weighted by molar-refractivity contribution is 6.30. The van der Waals surface area contributed by atoms with Gasteiger partial charge in [0.15, 0.2) is 11.5 Å². The average Bonchev–Trinajstić information content (AvgIpc) is 2.57. The van der Waals surface area contributed by atoms with E-state index in [0.29, 0.717) is 23.3 Å². The highest BCUT2D eigenvalue weighted by atomic mass is 35.5. The second kappa shape index (κ2) is 6.78. The summed E-state index contributed by atoms with van der Waals surface area (Å²) >= 11 is 5.82. The van der Waals surface area contributed by atoms with Crippen molar-refractivity contribution in [3.8, 4) is 5.88 Å². The standard InChI is InChI=1S/C15H16ClN5O2/c16-10-3-6-14(18-8-10)23-11-2-1-7-21(9-11)13-5-4-12(15(17)22)19-20-13/h3-6,8,11H,1-2,7,9H2,(H2,17,22). The molecule has 0 saturated carbocycles. The first-order valence-corrected chi connectivity index (χ1v) is 7.66. The molecule has 120 valence electrons. The molecule has 3 rings (SSSR count). The topological polar surface area (TPSA) is 94.2 Å². The Morgan fingerprint density at radius 1 is 1.30 bits per heavy atom. The third-order valence-corrected chi connectivity index (χ3v) is 3.82. The molecule has 2 aromatic heterocycles. The Kier molecular flexibility index (Phi) is 4.57. The normalized spacial score (nSPS) is 17.8. The first kappa shape index (κ1) is 15.5. The lowest BCUT2D eigenvalue weighted by Crippen LogP contribution is -2.41. The fraction of sp³-hybridized carbons (Fsp3) is 0.333. The van der Waals surface area contributed by atoms with Crippen molar-refractivity contribution in [2.45, 2.75) is 18.9 Å². The number of primary amides is 1.